The Hall–Kier alpha value is -2.18. The molecule has 20 heavy (non-hydrogen) atoms. The number of H-pyrrole nitrogens is 1. The van der Waals surface area contributed by atoms with Crippen LogP contribution in [0.5, 0.6) is 11.5 Å². The number of aryl methyl sites for hydroxylation is 1. The Bertz CT molecular complexity index is 527. The average Bonchev–Trinajstić information content (AvgIpc) is 2.86. The molecule has 0 saturated carbocycles. The predicted octanol–water partition coefficient (Wildman–Crippen LogP) is 3.32. The van der Waals surface area contributed by atoms with Crippen LogP contribution in [0.2, 0.25) is 0 Å². The van der Waals surface area contributed by atoms with Gasteiger partial charge in [0.15, 0.2) is 0 Å². The van der Waals surface area contributed by atoms with Crippen molar-refractivity contribution in [3.8, 4) is 11.5 Å². The number of ether oxygens (including phenoxy) is 2. The molecule has 0 unspecified atom stereocenters. The number of aromatic nitrogens is 2. The smallest absolute Gasteiger partial charge is 0.493 e. The highest BCUT2D eigenvalue weighted by Crippen LogP contribution is 2.26. The Kier molecular flexibility index (Phi) is 4.49. The lowest BCUT2D eigenvalue weighted by Gasteiger charge is -2.10. The van der Waals surface area contributed by atoms with Gasteiger partial charge >= 0.3 is 6.36 Å². The summed E-state index contributed by atoms with van der Waals surface area (Å²) >= 11 is 0. The molecule has 4 nitrogen and oxygen atoms in total. The third kappa shape index (κ3) is 4.83. The van der Waals surface area contributed by atoms with E-state index in [1.54, 1.807) is 18.6 Å². The number of halogens is 3. The molecule has 0 aliphatic rings. The van der Waals surface area contributed by atoms with Gasteiger partial charge in [-0.25, -0.2) is 4.98 Å². The molecule has 0 amide bonds. The molecule has 0 radical (unpaired) electrons. The van der Waals surface area contributed by atoms with E-state index in [0.717, 1.165) is 18.5 Å². The van der Waals surface area contributed by atoms with Crippen molar-refractivity contribution in [1.82, 2.24) is 9.97 Å². The molecule has 2 rings (SSSR count). The van der Waals surface area contributed by atoms with Gasteiger partial charge in [0.2, 0.25) is 0 Å². The summed E-state index contributed by atoms with van der Waals surface area (Å²) < 4.78 is 45.4. The highest BCUT2D eigenvalue weighted by molar-refractivity contribution is 5.33. The van der Waals surface area contributed by atoms with Gasteiger partial charge in [-0.2, -0.15) is 0 Å². The molecule has 7 heteroatoms. The Morgan fingerprint density at radius 1 is 1.20 bits per heavy atom. The Labute approximate surface area is 113 Å². The molecular weight excluding hydrogens is 273 g/mol. The summed E-state index contributed by atoms with van der Waals surface area (Å²) in [5, 5.41) is 0. The summed E-state index contributed by atoms with van der Waals surface area (Å²) in [7, 11) is 0. The monoisotopic (exact) mass is 286 g/mol. The fourth-order valence-corrected chi connectivity index (χ4v) is 1.64. The zero-order valence-corrected chi connectivity index (χ0v) is 10.5. The summed E-state index contributed by atoms with van der Waals surface area (Å²) in [5.74, 6) is 0.0555. The quantitative estimate of drug-likeness (QED) is 0.829. The number of nitrogens with one attached hydrogen (secondary N) is 1. The third-order valence-electron chi connectivity index (χ3n) is 2.45. The first-order valence-corrected chi connectivity index (χ1v) is 5.99. The minimum absolute atomic E-state index is 0.288. The topological polar surface area (TPSA) is 47.1 Å². The van der Waals surface area contributed by atoms with Crippen LogP contribution in [0.25, 0.3) is 0 Å². The molecule has 1 aromatic heterocycles. The van der Waals surface area contributed by atoms with E-state index in [1.807, 2.05) is 0 Å². The molecule has 0 bridgehead atoms. The molecule has 0 atom stereocenters. The molecular formula is C13H13F3N2O2. The van der Waals surface area contributed by atoms with Gasteiger partial charge in [-0.15, -0.1) is 13.2 Å². The van der Waals surface area contributed by atoms with Crippen LogP contribution in [0.1, 0.15) is 12.1 Å². The lowest BCUT2D eigenvalue weighted by Crippen LogP contribution is -2.17. The first kappa shape index (κ1) is 14.2. The maximum absolute atomic E-state index is 12.1. The van der Waals surface area contributed by atoms with E-state index in [4.69, 9.17) is 4.74 Å². The Morgan fingerprint density at radius 3 is 2.70 bits per heavy atom. The van der Waals surface area contributed by atoms with Crippen LogP contribution >= 0.6 is 0 Å². The second-order valence-corrected chi connectivity index (χ2v) is 4.05. The molecule has 0 aliphatic carbocycles. The lowest BCUT2D eigenvalue weighted by atomic mass is 10.2. The van der Waals surface area contributed by atoms with Crippen LogP contribution < -0.4 is 9.47 Å². The number of hydrogen-bond donors (Lipinski definition) is 1. The summed E-state index contributed by atoms with van der Waals surface area (Å²) in [6, 6.07) is 5.47. The number of alkyl halides is 3. The number of nitrogens with zero attached hydrogens (tertiary/aromatic N) is 1. The van der Waals surface area contributed by atoms with Gasteiger partial charge < -0.3 is 14.5 Å². The van der Waals surface area contributed by atoms with E-state index in [2.05, 4.69) is 14.7 Å². The zero-order chi connectivity index (χ0) is 14.4. The fraction of sp³-hybridized carbons (Fsp3) is 0.308. The van der Waals surface area contributed by atoms with E-state index in [0.29, 0.717) is 12.4 Å². The van der Waals surface area contributed by atoms with Crippen LogP contribution in [0.15, 0.2) is 36.8 Å². The summed E-state index contributed by atoms with van der Waals surface area (Å²) in [6.45, 7) is 0.397. The lowest BCUT2D eigenvalue weighted by molar-refractivity contribution is -0.274. The SMILES string of the molecule is FC(F)(F)Oc1cccc(OCCCc2cnc[nH]2)c1. The highest BCUT2D eigenvalue weighted by Gasteiger charge is 2.31. The van der Waals surface area contributed by atoms with Gasteiger partial charge in [0.25, 0.3) is 0 Å². The van der Waals surface area contributed by atoms with Crippen molar-refractivity contribution in [2.75, 3.05) is 6.61 Å². The van der Waals surface area contributed by atoms with E-state index >= 15 is 0 Å². The number of aromatic amines is 1. The van der Waals surface area contributed by atoms with Gasteiger partial charge in [0.1, 0.15) is 11.5 Å². The summed E-state index contributed by atoms with van der Waals surface area (Å²) in [4.78, 5) is 6.84. The first-order valence-electron chi connectivity index (χ1n) is 5.99. The second kappa shape index (κ2) is 6.31. The van der Waals surface area contributed by atoms with Gasteiger partial charge in [-0.3, -0.25) is 0 Å². The van der Waals surface area contributed by atoms with Crippen molar-refractivity contribution in [3.05, 3.63) is 42.5 Å². The van der Waals surface area contributed by atoms with Crippen molar-refractivity contribution >= 4 is 0 Å². The van der Waals surface area contributed by atoms with E-state index in [1.165, 1.54) is 18.2 Å². The molecule has 1 aromatic carbocycles. The van der Waals surface area contributed by atoms with Gasteiger partial charge in [-0.05, 0) is 25.0 Å². The first-order chi connectivity index (χ1) is 9.53. The maximum atomic E-state index is 12.1. The van der Waals surface area contributed by atoms with Crippen LogP contribution in [-0.4, -0.2) is 22.9 Å². The second-order valence-electron chi connectivity index (χ2n) is 4.05. The zero-order valence-electron chi connectivity index (χ0n) is 10.5. The molecule has 0 aliphatic heterocycles. The van der Waals surface area contributed by atoms with E-state index in [9.17, 15) is 13.2 Å². The maximum Gasteiger partial charge on any atom is 0.573 e. The standard InChI is InChI=1S/C13H13F3N2O2/c14-13(15,16)20-12-5-1-4-11(7-12)19-6-2-3-10-8-17-9-18-10/h1,4-5,7-9H,2-3,6H2,(H,17,18). The molecule has 1 heterocycles. The number of hydrogen-bond acceptors (Lipinski definition) is 3. The van der Waals surface area contributed by atoms with Crippen LogP contribution in [0.3, 0.4) is 0 Å². The minimum Gasteiger partial charge on any atom is -0.493 e. The highest BCUT2D eigenvalue weighted by atomic mass is 19.4. The van der Waals surface area contributed by atoms with Crippen molar-refractivity contribution in [2.24, 2.45) is 0 Å². The van der Waals surface area contributed by atoms with Crippen LogP contribution in [-0.2, 0) is 6.42 Å². The molecule has 0 fully saturated rings. The third-order valence-corrected chi connectivity index (χ3v) is 2.45. The molecule has 0 spiro atoms. The molecule has 2 aromatic rings. The van der Waals surface area contributed by atoms with Crippen LogP contribution in [0.4, 0.5) is 13.2 Å². The van der Waals surface area contributed by atoms with Crippen molar-refractivity contribution < 1.29 is 22.6 Å². The summed E-state index contributed by atoms with van der Waals surface area (Å²) in [5.41, 5.74) is 0.989. The van der Waals surface area contributed by atoms with Gasteiger partial charge in [0, 0.05) is 18.0 Å². The van der Waals surface area contributed by atoms with E-state index < -0.39 is 6.36 Å². The molecule has 1 N–H and O–H groups in total. The Balaban J connectivity index is 1.79. The van der Waals surface area contributed by atoms with Crippen molar-refractivity contribution in [3.63, 3.8) is 0 Å². The normalized spacial score (nSPS) is 11.3. The molecule has 0 saturated heterocycles. The number of benzene rings is 1. The summed E-state index contributed by atoms with van der Waals surface area (Å²) in [6.07, 6.45) is 0.108. The molecule has 108 valence electrons. The minimum atomic E-state index is -4.70. The Morgan fingerprint density at radius 2 is 2.00 bits per heavy atom. The largest absolute Gasteiger partial charge is 0.573 e. The number of imidazole rings is 1. The van der Waals surface area contributed by atoms with Gasteiger partial charge in [0.05, 0.1) is 12.9 Å². The van der Waals surface area contributed by atoms with Crippen LogP contribution in [0, 0.1) is 0 Å². The predicted molar refractivity (Wildman–Crippen MR) is 65.5 cm³/mol. The van der Waals surface area contributed by atoms with E-state index in [-0.39, 0.29) is 5.75 Å². The van der Waals surface area contributed by atoms with Gasteiger partial charge in [-0.1, -0.05) is 6.07 Å². The average molecular weight is 286 g/mol. The van der Waals surface area contributed by atoms with Crippen molar-refractivity contribution in [1.29, 1.82) is 0 Å². The fourth-order valence-electron chi connectivity index (χ4n) is 1.64. The van der Waals surface area contributed by atoms with Crippen molar-refractivity contribution in [2.45, 2.75) is 19.2 Å². The number of rotatable bonds is 6.